The molecule has 1 aromatic carbocycles. The first kappa shape index (κ1) is 16.4. The zero-order chi connectivity index (χ0) is 17.6. The molecule has 8 heteroatoms. The maximum absolute atomic E-state index is 13.3. The van der Waals surface area contributed by atoms with Gasteiger partial charge in [0.25, 0.3) is 10.0 Å². The molecule has 0 saturated carbocycles. The van der Waals surface area contributed by atoms with Crippen LogP contribution in [0.4, 0.5) is 0 Å². The largest absolute Gasteiger partial charge is 0.493 e. The van der Waals surface area contributed by atoms with Crippen LogP contribution in [0.3, 0.4) is 0 Å². The Morgan fingerprint density at radius 1 is 1.28 bits per heavy atom. The molecule has 2 N–H and O–H groups in total. The summed E-state index contributed by atoms with van der Waals surface area (Å²) in [5.74, 6) is 0.626. The number of hydrogen-bond donors (Lipinski definition) is 1. The third-order valence-electron chi connectivity index (χ3n) is 4.30. The first-order valence-electron chi connectivity index (χ1n) is 7.89. The van der Waals surface area contributed by atoms with E-state index in [-0.39, 0.29) is 4.90 Å². The number of pyridine rings is 1. The molecular weight excluding hydrogens is 362 g/mol. The van der Waals surface area contributed by atoms with Crippen molar-refractivity contribution in [3.63, 3.8) is 0 Å². The number of ether oxygens (including phenoxy) is 1. The van der Waals surface area contributed by atoms with Gasteiger partial charge in [0, 0.05) is 18.2 Å². The molecule has 1 aliphatic heterocycles. The van der Waals surface area contributed by atoms with Gasteiger partial charge >= 0.3 is 0 Å². The van der Waals surface area contributed by atoms with Crippen LogP contribution in [-0.2, 0) is 22.9 Å². The Kier molecular flexibility index (Phi) is 3.94. The SMILES string of the molecule is NCCc1cn(S(=O)(=O)c2cccc3c2CCO3)c2ccc(Cl)nc12. The second-order valence-corrected chi connectivity index (χ2v) is 8.00. The molecule has 0 bridgehead atoms. The van der Waals surface area contributed by atoms with E-state index in [2.05, 4.69) is 4.98 Å². The van der Waals surface area contributed by atoms with Gasteiger partial charge in [0.15, 0.2) is 0 Å². The monoisotopic (exact) mass is 377 g/mol. The van der Waals surface area contributed by atoms with Gasteiger partial charge in [-0.15, -0.1) is 0 Å². The van der Waals surface area contributed by atoms with Crippen LogP contribution >= 0.6 is 11.6 Å². The molecule has 0 fully saturated rings. The van der Waals surface area contributed by atoms with Gasteiger partial charge in [0.1, 0.15) is 10.9 Å². The Labute approximate surface area is 150 Å². The van der Waals surface area contributed by atoms with Crippen LogP contribution in [0.2, 0.25) is 5.15 Å². The number of nitrogens with two attached hydrogens (primary N) is 1. The summed E-state index contributed by atoms with van der Waals surface area (Å²) >= 11 is 5.99. The Bertz CT molecular complexity index is 1080. The number of aromatic nitrogens is 2. The fraction of sp³-hybridized carbons (Fsp3) is 0.235. The molecule has 0 radical (unpaired) electrons. The van der Waals surface area contributed by atoms with Gasteiger partial charge in [-0.05, 0) is 42.8 Å². The van der Waals surface area contributed by atoms with Gasteiger partial charge in [-0.3, -0.25) is 0 Å². The summed E-state index contributed by atoms with van der Waals surface area (Å²) in [6.45, 7) is 0.881. The van der Waals surface area contributed by atoms with Gasteiger partial charge < -0.3 is 10.5 Å². The van der Waals surface area contributed by atoms with Gasteiger partial charge in [0.05, 0.1) is 22.5 Å². The van der Waals surface area contributed by atoms with Gasteiger partial charge in [0.2, 0.25) is 0 Å². The minimum absolute atomic E-state index is 0.258. The second kappa shape index (κ2) is 6.01. The molecule has 0 unspecified atom stereocenters. The highest BCUT2D eigenvalue weighted by Crippen LogP contribution is 2.34. The number of rotatable bonds is 4. The van der Waals surface area contributed by atoms with E-state index in [1.807, 2.05) is 0 Å². The van der Waals surface area contributed by atoms with Crippen molar-refractivity contribution < 1.29 is 13.2 Å². The van der Waals surface area contributed by atoms with Crippen LogP contribution in [0.1, 0.15) is 11.1 Å². The third-order valence-corrected chi connectivity index (χ3v) is 6.27. The zero-order valence-electron chi connectivity index (χ0n) is 13.3. The molecular formula is C17H16ClN3O3S. The van der Waals surface area contributed by atoms with E-state index in [1.165, 1.54) is 3.97 Å². The van der Waals surface area contributed by atoms with Crippen molar-refractivity contribution in [2.24, 2.45) is 5.73 Å². The Morgan fingerprint density at radius 2 is 2.12 bits per heavy atom. The number of nitrogens with zero attached hydrogens (tertiary/aromatic N) is 2. The molecule has 0 atom stereocenters. The lowest BCUT2D eigenvalue weighted by molar-refractivity contribution is 0.357. The molecule has 3 heterocycles. The van der Waals surface area contributed by atoms with Crippen molar-refractivity contribution in [2.75, 3.05) is 13.2 Å². The molecule has 0 spiro atoms. The van der Waals surface area contributed by atoms with Gasteiger partial charge in [-0.25, -0.2) is 17.4 Å². The summed E-state index contributed by atoms with van der Waals surface area (Å²) in [5, 5.41) is 0.315. The smallest absolute Gasteiger partial charge is 0.268 e. The minimum Gasteiger partial charge on any atom is -0.493 e. The first-order chi connectivity index (χ1) is 12.0. The van der Waals surface area contributed by atoms with E-state index in [1.54, 1.807) is 36.5 Å². The molecule has 25 heavy (non-hydrogen) atoms. The van der Waals surface area contributed by atoms with Crippen molar-refractivity contribution in [1.29, 1.82) is 0 Å². The second-order valence-electron chi connectivity index (χ2n) is 5.83. The van der Waals surface area contributed by atoms with Crippen molar-refractivity contribution >= 4 is 32.7 Å². The maximum Gasteiger partial charge on any atom is 0.268 e. The number of halogens is 1. The molecule has 0 amide bonds. The predicted molar refractivity (Wildman–Crippen MR) is 95.7 cm³/mol. The first-order valence-corrected chi connectivity index (χ1v) is 9.71. The third kappa shape index (κ3) is 2.59. The highest BCUT2D eigenvalue weighted by Gasteiger charge is 2.28. The molecule has 1 aliphatic rings. The maximum atomic E-state index is 13.3. The summed E-state index contributed by atoms with van der Waals surface area (Å²) in [6, 6.07) is 8.35. The lowest BCUT2D eigenvalue weighted by Crippen LogP contribution is -2.14. The zero-order valence-corrected chi connectivity index (χ0v) is 14.8. The van der Waals surface area contributed by atoms with Crippen LogP contribution < -0.4 is 10.5 Å². The molecule has 130 valence electrons. The van der Waals surface area contributed by atoms with Crippen LogP contribution in [-0.4, -0.2) is 30.5 Å². The summed E-state index contributed by atoms with van der Waals surface area (Å²) < 4.78 is 33.4. The van der Waals surface area contributed by atoms with Crippen molar-refractivity contribution in [1.82, 2.24) is 8.96 Å². The summed E-state index contributed by atoms with van der Waals surface area (Å²) in [6.07, 6.45) is 2.68. The normalized spacial score (nSPS) is 13.8. The summed E-state index contributed by atoms with van der Waals surface area (Å²) in [4.78, 5) is 4.55. The number of benzene rings is 1. The quantitative estimate of drug-likeness (QED) is 0.705. The van der Waals surface area contributed by atoms with Crippen molar-refractivity contribution in [2.45, 2.75) is 17.7 Å². The molecule has 4 rings (SSSR count). The predicted octanol–water partition coefficient (Wildman–Crippen LogP) is 2.36. The van der Waals surface area contributed by atoms with Gasteiger partial charge in [-0.1, -0.05) is 17.7 Å². The standard InChI is InChI=1S/C17H16ClN3O3S/c18-16-5-4-13-17(20-16)11(6-8-19)10-21(13)25(22,23)15-3-1-2-14-12(15)7-9-24-14/h1-5,10H,6-9,19H2. The van der Waals surface area contributed by atoms with E-state index in [0.29, 0.717) is 53.5 Å². The Hall–Kier alpha value is -2.09. The average molecular weight is 378 g/mol. The van der Waals surface area contributed by atoms with Crippen LogP contribution in [0.15, 0.2) is 41.4 Å². The fourth-order valence-corrected chi connectivity index (χ4v) is 4.99. The molecule has 0 aliphatic carbocycles. The Morgan fingerprint density at radius 3 is 2.92 bits per heavy atom. The highest BCUT2D eigenvalue weighted by atomic mass is 35.5. The number of hydrogen-bond acceptors (Lipinski definition) is 5. The topological polar surface area (TPSA) is 87.2 Å². The lowest BCUT2D eigenvalue weighted by Gasteiger charge is -2.10. The lowest BCUT2D eigenvalue weighted by atomic mass is 10.2. The van der Waals surface area contributed by atoms with Crippen LogP contribution in [0, 0.1) is 0 Å². The van der Waals surface area contributed by atoms with Crippen molar-refractivity contribution in [3.05, 3.63) is 52.8 Å². The van der Waals surface area contributed by atoms with Crippen LogP contribution in [0.25, 0.3) is 11.0 Å². The highest BCUT2D eigenvalue weighted by molar-refractivity contribution is 7.90. The van der Waals surface area contributed by atoms with Crippen molar-refractivity contribution in [3.8, 4) is 5.75 Å². The number of fused-ring (bicyclic) bond motifs is 2. The Balaban J connectivity index is 1.97. The van der Waals surface area contributed by atoms with E-state index in [4.69, 9.17) is 22.1 Å². The molecule has 0 saturated heterocycles. The van der Waals surface area contributed by atoms with E-state index in [0.717, 1.165) is 5.56 Å². The molecule has 2 aromatic heterocycles. The van der Waals surface area contributed by atoms with E-state index in [9.17, 15) is 8.42 Å². The summed E-state index contributed by atoms with van der Waals surface area (Å²) in [5.41, 5.74) is 8.18. The minimum atomic E-state index is -3.79. The fourth-order valence-electron chi connectivity index (χ4n) is 3.19. The average Bonchev–Trinajstić information content (AvgIpc) is 3.20. The molecule has 6 nitrogen and oxygen atoms in total. The van der Waals surface area contributed by atoms with E-state index < -0.39 is 10.0 Å². The van der Waals surface area contributed by atoms with Gasteiger partial charge in [-0.2, -0.15) is 0 Å². The molecule has 3 aromatic rings. The summed E-state index contributed by atoms with van der Waals surface area (Å²) in [7, 11) is -3.79. The van der Waals surface area contributed by atoms with E-state index >= 15 is 0 Å². The van der Waals surface area contributed by atoms with Crippen LogP contribution in [0.5, 0.6) is 5.75 Å².